The maximum atomic E-state index is 11.3. The van der Waals surface area contributed by atoms with Gasteiger partial charge in [-0.05, 0) is 42.0 Å². The summed E-state index contributed by atoms with van der Waals surface area (Å²) in [4.78, 5) is 11.3. The van der Waals surface area contributed by atoms with Crippen LogP contribution >= 0.6 is 0 Å². The first kappa shape index (κ1) is 17.7. The molecular weight excluding hydrogens is 328 g/mol. The quantitative estimate of drug-likeness (QED) is 0.484. The predicted octanol–water partition coefficient (Wildman–Crippen LogP) is 2.35. The van der Waals surface area contributed by atoms with Gasteiger partial charge in [-0.3, -0.25) is 4.18 Å². The number of carbonyl (C=O) groups excluding carboxylic acids is 1. The summed E-state index contributed by atoms with van der Waals surface area (Å²) in [7, 11) is -2.12. The monoisotopic (exact) mass is 344 g/mol. The Bertz CT molecular complexity index is 870. The Morgan fingerprint density at radius 1 is 0.958 bits per heavy atom. The lowest BCUT2D eigenvalue weighted by molar-refractivity contribution is 0.0600. The number of methoxy groups -OCH3 is 1. The zero-order valence-corrected chi connectivity index (χ0v) is 14.1. The molecule has 0 fully saturated rings. The van der Waals surface area contributed by atoms with Crippen LogP contribution in [0.3, 0.4) is 0 Å². The van der Waals surface area contributed by atoms with Gasteiger partial charge in [-0.25, -0.2) is 4.79 Å². The summed E-state index contributed by atoms with van der Waals surface area (Å²) in [5.41, 5.74) is 2.77. The highest BCUT2D eigenvalue weighted by Crippen LogP contribution is 2.08. The highest BCUT2D eigenvalue weighted by Gasteiger charge is 2.03. The van der Waals surface area contributed by atoms with Gasteiger partial charge in [-0.15, -0.1) is 0 Å². The minimum Gasteiger partial charge on any atom is -0.465 e. The first-order valence-electron chi connectivity index (χ1n) is 7.01. The molecule has 0 bridgehead atoms. The highest BCUT2D eigenvalue weighted by molar-refractivity contribution is 7.85. The van der Waals surface area contributed by atoms with E-state index in [0.717, 1.165) is 22.9 Å². The number of carbonyl (C=O) groups is 1. The smallest absolute Gasteiger partial charge is 0.337 e. The van der Waals surface area contributed by atoms with Crippen molar-refractivity contribution in [2.24, 2.45) is 0 Å². The molecule has 0 N–H and O–H groups in total. The molecule has 0 atom stereocenters. The van der Waals surface area contributed by atoms with Crippen molar-refractivity contribution in [1.29, 1.82) is 0 Å². The van der Waals surface area contributed by atoms with Crippen molar-refractivity contribution in [3.8, 4) is 11.8 Å². The Morgan fingerprint density at radius 3 is 1.92 bits per heavy atom. The lowest BCUT2D eigenvalue weighted by Crippen LogP contribution is -2.02. The van der Waals surface area contributed by atoms with Crippen LogP contribution in [0.15, 0.2) is 48.5 Å². The van der Waals surface area contributed by atoms with Crippen molar-refractivity contribution in [3.05, 3.63) is 70.8 Å². The van der Waals surface area contributed by atoms with Crippen molar-refractivity contribution in [2.45, 2.75) is 6.61 Å². The van der Waals surface area contributed by atoms with E-state index in [4.69, 9.17) is 4.18 Å². The van der Waals surface area contributed by atoms with Crippen LogP contribution in [-0.4, -0.2) is 27.8 Å². The van der Waals surface area contributed by atoms with Crippen LogP contribution in [-0.2, 0) is 25.6 Å². The normalized spacial score (nSPS) is 10.6. The zero-order valence-electron chi connectivity index (χ0n) is 13.3. The second kappa shape index (κ2) is 7.77. The van der Waals surface area contributed by atoms with Gasteiger partial charge in [-0.2, -0.15) is 8.42 Å². The van der Waals surface area contributed by atoms with E-state index in [1.165, 1.54) is 7.11 Å². The van der Waals surface area contributed by atoms with Crippen LogP contribution in [0.2, 0.25) is 0 Å². The summed E-state index contributed by atoms with van der Waals surface area (Å²) < 4.78 is 31.2. The van der Waals surface area contributed by atoms with Gasteiger partial charge in [0, 0.05) is 11.1 Å². The molecule has 0 aliphatic rings. The molecule has 2 rings (SSSR count). The zero-order chi connectivity index (χ0) is 17.6. The highest BCUT2D eigenvalue weighted by atomic mass is 32.2. The van der Waals surface area contributed by atoms with Gasteiger partial charge in [0.1, 0.15) is 0 Å². The maximum Gasteiger partial charge on any atom is 0.337 e. The maximum absolute atomic E-state index is 11.3. The van der Waals surface area contributed by atoms with Crippen LogP contribution in [0.5, 0.6) is 0 Å². The van der Waals surface area contributed by atoms with E-state index in [9.17, 15) is 13.2 Å². The standard InChI is InChI=1S/C18H16O5S/c1-22-18(19)17-11-9-15(10-12-17)4-3-14-5-7-16(8-6-14)13-23-24(2,20)21/h5-12H,13H2,1-2H3. The number of esters is 1. The second-order valence-electron chi connectivity index (χ2n) is 4.98. The summed E-state index contributed by atoms with van der Waals surface area (Å²) in [5, 5.41) is 0. The molecule has 124 valence electrons. The first-order chi connectivity index (χ1) is 11.4. The summed E-state index contributed by atoms with van der Waals surface area (Å²) in [6.45, 7) is 0.00152. The van der Waals surface area contributed by atoms with Crippen molar-refractivity contribution in [3.63, 3.8) is 0 Å². The molecule has 0 heterocycles. The summed E-state index contributed by atoms with van der Waals surface area (Å²) in [6, 6.07) is 13.9. The fourth-order valence-corrected chi connectivity index (χ4v) is 2.16. The SMILES string of the molecule is COC(=O)c1ccc(C#Cc2ccc(COS(C)(=O)=O)cc2)cc1. The van der Waals surface area contributed by atoms with Gasteiger partial charge in [0.25, 0.3) is 10.1 Å². The number of benzene rings is 2. The molecular formula is C18H16O5S. The van der Waals surface area contributed by atoms with Gasteiger partial charge in [0.2, 0.25) is 0 Å². The Kier molecular flexibility index (Phi) is 5.74. The van der Waals surface area contributed by atoms with Crippen molar-refractivity contribution in [1.82, 2.24) is 0 Å². The third-order valence-electron chi connectivity index (χ3n) is 3.05. The van der Waals surface area contributed by atoms with Crippen LogP contribution in [0.25, 0.3) is 0 Å². The van der Waals surface area contributed by atoms with Gasteiger partial charge < -0.3 is 4.74 Å². The fourth-order valence-electron chi connectivity index (χ4n) is 1.81. The van der Waals surface area contributed by atoms with E-state index in [1.54, 1.807) is 48.5 Å². The first-order valence-corrected chi connectivity index (χ1v) is 8.83. The molecule has 5 nitrogen and oxygen atoms in total. The number of hydrogen-bond donors (Lipinski definition) is 0. The van der Waals surface area contributed by atoms with Gasteiger partial charge >= 0.3 is 5.97 Å². The van der Waals surface area contributed by atoms with Gasteiger partial charge in [-0.1, -0.05) is 24.0 Å². The Balaban J connectivity index is 2.04. The molecule has 0 radical (unpaired) electrons. The van der Waals surface area contributed by atoms with Crippen LogP contribution in [0, 0.1) is 11.8 Å². The number of hydrogen-bond acceptors (Lipinski definition) is 5. The van der Waals surface area contributed by atoms with E-state index < -0.39 is 10.1 Å². The van der Waals surface area contributed by atoms with Crippen molar-refractivity contribution in [2.75, 3.05) is 13.4 Å². The average molecular weight is 344 g/mol. The molecule has 0 unspecified atom stereocenters. The molecule has 0 saturated carbocycles. The summed E-state index contributed by atoms with van der Waals surface area (Å²) >= 11 is 0. The molecule has 2 aromatic carbocycles. The molecule has 0 amide bonds. The molecule has 2 aromatic rings. The fraction of sp³-hybridized carbons (Fsp3) is 0.167. The third kappa shape index (κ3) is 5.54. The molecule has 0 spiro atoms. The largest absolute Gasteiger partial charge is 0.465 e. The van der Waals surface area contributed by atoms with Crippen LogP contribution in [0.1, 0.15) is 27.0 Å². The van der Waals surface area contributed by atoms with Crippen molar-refractivity contribution < 1.29 is 22.1 Å². The number of ether oxygens (including phenoxy) is 1. The molecule has 0 aromatic heterocycles. The summed E-state index contributed by atoms with van der Waals surface area (Å²) in [5.74, 6) is 5.60. The second-order valence-corrected chi connectivity index (χ2v) is 6.63. The predicted molar refractivity (Wildman–Crippen MR) is 89.8 cm³/mol. The van der Waals surface area contributed by atoms with Crippen molar-refractivity contribution >= 4 is 16.1 Å². The Morgan fingerprint density at radius 2 is 1.46 bits per heavy atom. The Hall–Kier alpha value is -2.62. The average Bonchev–Trinajstić information content (AvgIpc) is 2.58. The Labute approximate surface area is 141 Å². The molecule has 0 saturated heterocycles. The minimum absolute atomic E-state index is 0.00152. The minimum atomic E-state index is -3.45. The molecule has 24 heavy (non-hydrogen) atoms. The molecule has 6 heteroatoms. The van der Waals surface area contributed by atoms with Crippen LogP contribution in [0.4, 0.5) is 0 Å². The third-order valence-corrected chi connectivity index (χ3v) is 3.60. The van der Waals surface area contributed by atoms with E-state index in [2.05, 4.69) is 16.6 Å². The van der Waals surface area contributed by atoms with E-state index in [1.807, 2.05) is 0 Å². The van der Waals surface area contributed by atoms with Gasteiger partial charge in [0.15, 0.2) is 0 Å². The van der Waals surface area contributed by atoms with E-state index in [0.29, 0.717) is 5.56 Å². The summed E-state index contributed by atoms with van der Waals surface area (Å²) in [6.07, 6.45) is 1.01. The van der Waals surface area contributed by atoms with Gasteiger partial charge in [0.05, 0.1) is 25.5 Å². The van der Waals surface area contributed by atoms with E-state index in [-0.39, 0.29) is 12.6 Å². The topological polar surface area (TPSA) is 69.7 Å². The van der Waals surface area contributed by atoms with E-state index >= 15 is 0 Å². The lowest BCUT2D eigenvalue weighted by atomic mass is 10.1. The van der Waals surface area contributed by atoms with Crippen LogP contribution < -0.4 is 0 Å². The number of rotatable bonds is 4. The molecule has 0 aliphatic carbocycles. The molecule has 0 aliphatic heterocycles. The lowest BCUT2D eigenvalue weighted by Gasteiger charge is -2.01.